The van der Waals surface area contributed by atoms with Crippen LogP contribution in [0.3, 0.4) is 0 Å². The van der Waals surface area contributed by atoms with Crippen molar-refractivity contribution in [3.05, 3.63) is 17.6 Å². The third kappa shape index (κ3) is 3.75. The highest BCUT2D eigenvalue weighted by atomic mass is 16.3. The second-order valence-electron chi connectivity index (χ2n) is 4.91. The van der Waals surface area contributed by atoms with Crippen LogP contribution in [0, 0.1) is 6.92 Å². The second-order valence-corrected chi connectivity index (χ2v) is 4.91. The summed E-state index contributed by atoms with van der Waals surface area (Å²) >= 11 is 0. The van der Waals surface area contributed by atoms with Gasteiger partial charge in [-0.1, -0.05) is 0 Å². The summed E-state index contributed by atoms with van der Waals surface area (Å²) in [5.41, 5.74) is 6.72. The first-order valence-corrected chi connectivity index (χ1v) is 5.32. The van der Waals surface area contributed by atoms with E-state index in [0.717, 1.165) is 0 Å². The van der Waals surface area contributed by atoms with Gasteiger partial charge in [0.25, 0.3) is 0 Å². The van der Waals surface area contributed by atoms with Crippen LogP contribution >= 0.6 is 0 Å². The first-order chi connectivity index (χ1) is 7.29. The van der Waals surface area contributed by atoms with Crippen molar-refractivity contribution in [3.8, 4) is 0 Å². The maximum absolute atomic E-state index is 9.89. The van der Waals surface area contributed by atoms with Gasteiger partial charge in [0, 0.05) is 12.1 Å². The number of aryl methyl sites for hydroxylation is 1. The molecule has 0 aliphatic carbocycles. The predicted molar refractivity (Wildman–Crippen MR) is 63.9 cm³/mol. The first kappa shape index (κ1) is 12.9. The largest absolute Gasteiger partial charge is 0.385 e. The summed E-state index contributed by atoms with van der Waals surface area (Å²) in [7, 11) is 0. The molecule has 0 radical (unpaired) electrons. The predicted octanol–water partition coefficient (Wildman–Crippen LogP) is 0.789. The fourth-order valence-electron chi connectivity index (χ4n) is 1.18. The monoisotopic (exact) mass is 224 g/mol. The number of nitrogens with zero attached hydrogens (tertiary/aromatic N) is 2. The van der Waals surface area contributed by atoms with Crippen LogP contribution in [0.4, 0.5) is 5.82 Å². The number of aliphatic hydroxyl groups excluding tert-OH is 1. The van der Waals surface area contributed by atoms with Gasteiger partial charge in [0.2, 0.25) is 0 Å². The highest BCUT2D eigenvalue weighted by Crippen LogP contribution is 2.12. The summed E-state index contributed by atoms with van der Waals surface area (Å²) < 4.78 is 0. The van der Waals surface area contributed by atoms with Gasteiger partial charge in [-0.3, -0.25) is 0 Å². The quantitative estimate of drug-likeness (QED) is 0.707. The summed E-state index contributed by atoms with van der Waals surface area (Å²) in [6, 6.07) is 0. The van der Waals surface area contributed by atoms with Gasteiger partial charge in [0.05, 0.1) is 17.6 Å². The summed E-state index contributed by atoms with van der Waals surface area (Å²) in [5, 5.41) is 13.1. The lowest BCUT2D eigenvalue weighted by molar-refractivity contribution is 0.158. The van der Waals surface area contributed by atoms with Crippen LogP contribution in [0.5, 0.6) is 0 Å². The van der Waals surface area contributed by atoms with Crippen LogP contribution in [-0.4, -0.2) is 27.2 Å². The SMILES string of the molecule is Cc1nc([C@@H](O)CNC(C)(C)C)cnc1N. The van der Waals surface area contributed by atoms with Crippen LogP contribution in [0.2, 0.25) is 0 Å². The van der Waals surface area contributed by atoms with E-state index in [-0.39, 0.29) is 5.54 Å². The topological polar surface area (TPSA) is 84.1 Å². The molecule has 0 unspecified atom stereocenters. The van der Waals surface area contributed by atoms with E-state index in [9.17, 15) is 5.11 Å². The van der Waals surface area contributed by atoms with Crippen LogP contribution in [-0.2, 0) is 0 Å². The van der Waals surface area contributed by atoms with E-state index in [4.69, 9.17) is 5.73 Å². The van der Waals surface area contributed by atoms with Crippen molar-refractivity contribution in [2.45, 2.75) is 39.3 Å². The molecule has 0 saturated heterocycles. The molecule has 5 nitrogen and oxygen atoms in total. The van der Waals surface area contributed by atoms with E-state index in [0.29, 0.717) is 23.8 Å². The first-order valence-electron chi connectivity index (χ1n) is 5.32. The van der Waals surface area contributed by atoms with Gasteiger partial charge < -0.3 is 16.2 Å². The number of aromatic nitrogens is 2. The van der Waals surface area contributed by atoms with Crippen molar-refractivity contribution < 1.29 is 5.11 Å². The maximum atomic E-state index is 9.89. The lowest BCUT2D eigenvalue weighted by atomic mass is 10.1. The molecular weight excluding hydrogens is 204 g/mol. The van der Waals surface area contributed by atoms with E-state index in [2.05, 4.69) is 15.3 Å². The number of hydrogen-bond donors (Lipinski definition) is 3. The lowest BCUT2D eigenvalue weighted by Crippen LogP contribution is -2.38. The molecule has 0 aliphatic heterocycles. The van der Waals surface area contributed by atoms with Crippen molar-refractivity contribution in [1.82, 2.24) is 15.3 Å². The molecule has 0 bridgehead atoms. The smallest absolute Gasteiger partial charge is 0.144 e. The van der Waals surface area contributed by atoms with Crippen molar-refractivity contribution in [2.24, 2.45) is 0 Å². The average molecular weight is 224 g/mol. The van der Waals surface area contributed by atoms with Gasteiger partial charge in [-0.15, -0.1) is 0 Å². The van der Waals surface area contributed by atoms with Crippen LogP contribution in [0.15, 0.2) is 6.20 Å². The summed E-state index contributed by atoms with van der Waals surface area (Å²) in [5.74, 6) is 0.403. The van der Waals surface area contributed by atoms with Crippen LogP contribution in [0.25, 0.3) is 0 Å². The van der Waals surface area contributed by atoms with E-state index in [1.165, 1.54) is 6.20 Å². The van der Waals surface area contributed by atoms with Gasteiger partial charge in [0.1, 0.15) is 11.9 Å². The molecule has 4 N–H and O–H groups in total. The van der Waals surface area contributed by atoms with Crippen molar-refractivity contribution >= 4 is 5.82 Å². The molecular formula is C11H20N4O. The minimum absolute atomic E-state index is 0.0305. The Morgan fingerprint density at radius 3 is 2.62 bits per heavy atom. The molecule has 0 saturated carbocycles. The number of nitrogens with two attached hydrogens (primary N) is 1. The number of anilines is 1. The molecule has 1 aromatic heterocycles. The molecule has 0 aliphatic rings. The zero-order chi connectivity index (χ0) is 12.3. The van der Waals surface area contributed by atoms with Crippen molar-refractivity contribution in [1.29, 1.82) is 0 Å². The molecule has 0 spiro atoms. The van der Waals surface area contributed by atoms with E-state index < -0.39 is 6.10 Å². The molecule has 1 heterocycles. The standard InChI is InChI=1S/C11H20N4O/c1-7-10(12)13-5-8(15-7)9(16)6-14-11(2,3)4/h5,9,14,16H,6H2,1-4H3,(H2,12,13)/t9-/m0/s1. The minimum Gasteiger partial charge on any atom is -0.385 e. The van der Waals surface area contributed by atoms with Crippen molar-refractivity contribution in [2.75, 3.05) is 12.3 Å². The fraction of sp³-hybridized carbons (Fsp3) is 0.636. The van der Waals surface area contributed by atoms with Crippen LogP contribution in [0.1, 0.15) is 38.3 Å². The third-order valence-corrected chi connectivity index (χ3v) is 2.17. The Labute approximate surface area is 96.1 Å². The number of aliphatic hydroxyl groups is 1. The Kier molecular flexibility index (Phi) is 3.83. The fourth-order valence-corrected chi connectivity index (χ4v) is 1.18. The zero-order valence-corrected chi connectivity index (χ0v) is 10.3. The number of hydrogen-bond acceptors (Lipinski definition) is 5. The Balaban J connectivity index is 2.66. The van der Waals surface area contributed by atoms with Gasteiger partial charge in [0.15, 0.2) is 0 Å². The molecule has 0 aromatic carbocycles. The summed E-state index contributed by atoms with van der Waals surface area (Å²) in [4.78, 5) is 8.17. The molecule has 5 heteroatoms. The summed E-state index contributed by atoms with van der Waals surface area (Å²) in [6.07, 6.45) is 0.850. The Morgan fingerprint density at radius 1 is 1.50 bits per heavy atom. The van der Waals surface area contributed by atoms with Gasteiger partial charge >= 0.3 is 0 Å². The molecule has 1 aromatic rings. The van der Waals surface area contributed by atoms with Gasteiger partial charge in [-0.25, -0.2) is 9.97 Å². The molecule has 16 heavy (non-hydrogen) atoms. The normalized spacial score (nSPS) is 13.8. The van der Waals surface area contributed by atoms with E-state index in [1.54, 1.807) is 6.92 Å². The molecule has 90 valence electrons. The number of nitrogen functional groups attached to an aromatic ring is 1. The highest BCUT2D eigenvalue weighted by molar-refractivity contribution is 5.33. The molecule has 1 atom stereocenters. The zero-order valence-electron chi connectivity index (χ0n) is 10.3. The molecule has 1 rings (SSSR count). The number of rotatable bonds is 3. The molecule has 0 fully saturated rings. The number of nitrogens with one attached hydrogen (secondary N) is 1. The maximum Gasteiger partial charge on any atom is 0.144 e. The molecule has 0 amide bonds. The minimum atomic E-state index is -0.661. The Bertz CT molecular complexity index is 359. The average Bonchev–Trinajstić information content (AvgIpc) is 2.17. The highest BCUT2D eigenvalue weighted by Gasteiger charge is 2.15. The Morgan fingerprint density at radius 2 is 2.12 bits per heavy atom. The second kappa shape index (κ2) is 4.76. The van der Waals surface area contributed by atoms with E-state index in [1.807, 2.05) is 20.8 Å². The van der Waals surface area contributed by atoms with Gasteiger partial charge in [-0.2, -0.15) is 0 Å². The lowest BCUT2D eigenvalue weighted by Gasteiger charge is -2.22. The van der Waals surface area contributed by atoms with Gasteiger partial charge in [-0.05, 0) is 27.7 Å². The third-order valence-electron chi connectivity index (χ3n) is 2.17. The van der Waals surface area contributed by atoms with Crippen LogP contribution < -0.4 is 11.1 Å². The number of β-amino-alcohol motifs (C(OH)–C–C–N with tert-alkyl or cyclic N) is 1. The Hall–Kier alpha value is -1.20. The van der Waals surface area contributed by atoms with Crippen molar-refractivity contribution in [3.63, 3.8) is 0 Å². The summed E-state index contributed by atoms with van der Waals surface area (Å²) in [6.45, 7) is 8.34. The van der Waals surface area contributed by atoms with E-state index >= 15 is 0 Å².